The summed E-state index contributed by atoms with van der Waals surface area (Å²) in [6, 6.07) is 7.47. The normalized spacial score (nSPS) is 12.5. The molecule has 1 unspecified atom stereocenters. The Morgan fingerprint density at radius 3 is 2.53 bits per heavy atom. The molecular formula is C12H17ClOS. The van der Waals surface area contributed by atoms with Crippen LogP contribution in [-0.2, 0) is 0 Å². The first-order chi connectivity index (χ1) is 7.22. The van der Waals surface area contributed by atoms with Crippen molar-refractivity contribution in [2.75, 3.05) is 12.4 Å². The molecule has 0 saturated heterocycles. The fourth-order valence-corrected chi connectivity index (χ4v) is 1.84. The fraction of sp³-hybridized carbons (Fsp3) is 0.500. The van der Waals surface area contributed by atoms with Crippen LogP contribution in [0.1, 0.15) is 19.8 Å². The summed E-state index contributed by atoms with van der Waals surface area (Å²) < 4.78 is 5.59. The van der Waals surface area contributed by atoms with Crippen LogP contribution in [0.4, 0.5) is 0 Å². The van der Waals surface area contributed by atoms with Crippen molar-refractivity contribution in [2.45, 2.75) is 19.8 Å². The Balaban J connectivity index is 2.22. The van der Waals surface area contributed by atoms with Crippen LogP contribution in [0.2, 0.25) is 5.02 Å². The summed E-state index contributed by atoms with van der Waals surface area (Å²) >= 11 is 9.98. The quantitative estimate of drug-likeness (QED) is 0.743. The monoisotopic (exact) mass is 244 g/mol. The fourth-order valence-electron chi connectivity index (χ4n) is 1.27. The number of rotatable bonds is 6. The van der Waals surface area contributed by atoms with Gasteiger partial charge >= 0.3 is 0 Å². The third kappa shape index (κ3) is 5.33. The van der Waals surface area contributed by atoms with Gasteiger partial charge < -0.3 is 4.74 Å². The van der Waals surface area contributed by atoms with Gasteiger partial charge in [0.1, 0.15) is 5.75 Å². The van der Waals surface area contributed by atoms with Gasteiger partial charge in [-0.3, -0.25) is 0 Å². The standard InChI is InChI=1S/C12H17ClOS/c1-10(7-9-15)6-8-14-12-4-2-11(13)3-5-12/h2-5,10,15H,6-9H2,1H3. The maximum absolute atomic E-state index is 5.77. The number of benzene rings is 1. The van der Waals surface area contributed by atoms with Crippen molar-refractivity contribution in [2.24, 2.45) is 5.92 Å². The number of hydrogen-bond donors (Lipinski definition) is 1. The maximum atomic E-state index is 5.77. The average molecular weight is 245 g/mol. The molecule has 0 bridgehead atoms. The molecule has 3 heteroatoms. The second-order valence-electron chi connectivity index (χ2n) is 3.71. The van der Waals surface area contributed by atoms with Crippen molar-refractivity contribution >= 4 is 24.2 Å². The van der Waals surface area contributed by atoms with E-state index in [0.29, 0.717) is 5.92 Å². The highest BCUT2D eigenvalue weighted by molar-refractivity contribution is 7.80. The molecule has 0 heterocycles. The lowest BCUT2D eigenvalue weighted by molar-refractivity contribution is 0.282. The van der Waals surface area contributed by atoms with Crippen molar-refractivity contribution in [3.8, 4) is 5.75 Å². The zero-order chi connectivity index (χ0) is 11.1. The molecule has 0 aliphatic carbocycles. The molecule has 0 radical (unpaired) electrons. The molecule has 0 aliphatic rings. The van der Waals surface area contributed by atoms with Crippen LogP contribution < -0.4 is 4.74 Å². The van der Waals surface area contributed by atoms with Crippen LogP contribution in [0.3, 0.4) is 0 Å². The largest absolute Gasteiger partial charge is 0.494 e. The minimum atomic E-state index is 0.676. The van der Waals surface area contributed by atoms with Crippen molar-refractivity contribution < 1.29 is 4.74 Å². The molecular weight excluding hydrogens is 228 g/mol. The van der Waals surface area contributed by atoms with Crippen LogP contribution in [0.25, 0.3) is 0 Å². The molecule has 1 aromatic carbocycles. The van der Waals surface area contributed by atoms with Gasteiger partial charge in [0.15, 0.2) is 0 Å². The van der Waals surface area contributed by atoms with Crippen LogP contribution in [-0.4, -0.2) is 12.4 Å². The summed E-state index contributed by atoms with van der Waals surface area (Å²) in [5.41, 5.74) is 0. The van der Waals surface area contributed by atoms with Gasteiger partial charge in [-0.25, -0.2) is 0 Å². The average Bonchev–Trinajstić information content (AvgIpc) is 2.21. The Bertz CT molecular complexity index is 273. The number of thiol groups is 1. The third-order valence-electron chi connectivity index (χ3n) is 2.31. The van der Waals surface area contributed by atoms with E-state index in [-0.39, 0.29) is 0 Å². The van der Waals surface area contributed by atoms with Gasteiger partial charge in [0, 0.05) is 5.02 Å². The summed E-state index contributed by atoms with van der Waals surface area (Å²) in [6.07, 6.45) is 2.22. The lowest BCUT2D eigenvalue weighted by Crippen LogP contribution is -2.04. The Kier molecular flexibility index (Phi) is 5.96. The molecule has 0 saturated carbocycles. The van der Waals surface area contributed by atoms with E-state index >= 15 is 0 Å². The van der Waals surface area contributed by atoms with E-state index in [1.165, 1.54) is 0 Å². The van der Waals surface area contributed by atoms with Crippen molar-refractivity contribution in [3.63, 3.8) is 0 Å². The first-order valence-corrected chi connectivity index (χ1v) is 6.22. The lowest BCUT2D eigenvalue weighted by Gasteiger charge is -2.10. The van der Waals surface area contributed by atoms with E-state index in [1.807, 2.05) is 24.3 Å². The van der Waals surface area contributed by atoms with E-state index in [2.05, 4.69) is 19.6 Å². The molecule has 0 amide bonds. The van der Waals surface area contributed by atoms with Crippen molar-refractivity contribution in [1.29, 1.82) is 0 Å². The molecule has 1 rings (SSSR count). The SMILES string of the molecule is CC(CCS)CCOc1ccc(Cl)cc1. The van der Waals surface area contributed by atoms with Gasteiger partial charge in [-0.05, 0) is 48.8 Å². The van der Waals surface area contributed by atoms with Gasteiger partial charge in [-0.1, -0.05) is 18.5 Å². The van der Waals surface area contributed by atoms with E-state index in [0.717, 1.165) is 36.0 Å². The van der Waals surface area contributed by atoms with Crippen molar-refractivity contribution in [1.82, 2.24) is 0 Å². The molecule has 84 valence electrons. The van der Waals surface area contributed by atoms with Crippen LogP contribution in [0.5, 0.6) is 5.75 Å². The number of halogens is 1. The zero-order valence-electron chi connectivity index (χ0n) is 8.95. The molecule has 0 aromatic heterocycles. The van der Waals surface area contributed by atoms with Gasteiger partial charge in [-0.2, -0.15) is 12.6 Å². The first-order valence-electron chi connectivity index (χ1n) is 5.21. The van der Waals surface area contributed by atoms with Crippen LogP contribution in [0.15, 0.2) is 24.3 Å². The van der Waals surface area contributed by atoms with Gasteiger partial charge in [0.25, 0.3) is 0 Å². The lowest BCUT2D eigenvalue weighted by atomic mass is 10.1. The van der Waals surface area contributed by atoms with Crippen LogP contribution in [0, 0.1) is 5.92 Å². The maximum Gasteiger partial charge on any atom is 0.119 e. The Labute approximate surface area is 102 Å². The van der Waals surface area contributed by atoms with E-state index in [1.54, 1.807) is 0 Å². The molecule has 0 spiro atoms. The molecule has 0 aliphatic heterocycles. The molecule has 0 fully saturated rings. The number of hydrogen-bond acceptors (Lipinski definition) is 2. The minimum Gasteiger partial charge on any atom is -0.494 e. The second kappa shape index (κ2) is 7.02. The highest BCUT2D eigenvalue weighted by Crippen LogP contribution is 2.16. The molecule has 1 atom stereocenters. The highest BCUT2D eigenvalue weighted by Gasteiger charge is 2.01. The smallest absolute Gasteiger partial charge is 0.119 e. The predicted molar refractivity (Wildman–Crippen MR) is 69.2 cm³/mol. The number of ether oxygens (including phenoxy) is 1. The molecule has 15 heavy (non-hydrogen) atoms. The topological polar surface area (TPSA) is 9.23 Å². The zero-order valence-corrected chi connectivity index (χ0v) is 10.6. The summed E-state index contributed by atoms with van der Waals surface area (Å²) in [5, 5.41) is 0.741. The van der Waals surface area contributed by atoms with Gasteiger partial charge in [0.2, 0.25) is 0 Å². The second-order valence-corrected chi connectivity index (χ2v) is 4.59. The summed E-state index contributed by atoms with van der Waals surface area (Å²) in [5.74, 6) is 2.51. The molecule has 1 nitrogen and oxygen atoms in total. The summed E-state index contributed by atoms with van der Waals surface area (Å²) in [6.45, 7) is 2.98. The van der Waals surface area contributed by atoms with Gasteiger partial charge in [0.05, 0.1) is 6.61 Å². The predicted octanol–water partition coefficient (Wildman–Crippen LogP) is 4.06. The Hall–Kier alpha value is -0.340. The van der Waals surface area contributed by atoms with E-state index in [9.17, 15) is 0 Å². The Morgan fingerprint density at radius 2 is 1.93 bits per heavy atom. The Morgan fingerprint density at radius 1 is 1.27 bits per heavy atom. The summed E-state index contributed by atoms with van der Waals surface area (Å²) in [4.78, 5) is 0. The third-order valence-corrected chi connectivity index (χ3v) is 2.83. The van der Waals surface area contributed by atoms with E-state index < -0.39 is 0 Å². The van der Waals surface area contributed by atoms with Gasteiger partial charge in [-0.15, -0.1) is 0 Å². The molecule has 0 N–H and O–H groups in total. The van der Waals surface area contributed by atoms with Crippen molar-refractivity contribution in [3.05, 3.63) is 29.3 Å². The van der Waals surface area contributed by atoms with E-state index in [4.69, 9.17) is 16.3 Å². The minimum absolute atomic E-state index is 0.676. The molecule has 1 aromatic rings. The highest BCUT2D eigenvalue weighted by atomic mass is 35.5. The summed E-state index contributed by atoms with van der Waals surface area (Å²) in [7, 11) is 0. The first kappa shape index (κ1) is 12.7. The van der Waals surface area contributed by atoms with Crippen LogP contribution >= 0.6 is 24.2 Å².